The molecule has 1 aromatic rings. The number of nitro benzene ring substituents is 1. The van der Waals surface area contributed by atoms with Crippen molar-refractivity contribution < 1.29 is 14.8 Å². The zero-order valence-electron chi connectivity index (χ0n) is 9.01. The highest BCUT2D eigenvalue weighted by molar-refractivity contribution is 5.97. The van der Waals surface area contributed by atoms with E-state index in [1.165, 1.54) is 17.0 Å². The predicted octanol–water partition coefficient (Wildman–Crippen LogP) is 1.39. The van der Waals surface area contributed by atoms with Crippen molar-refractivity contribution in [2.24, 2.45) is 0 Å². The number of aromatic hydroxyl groups is 1. The summed E-state index contributed by atoms with van der Waals surface area (Å²) in [6, 6.07) is 3.88. The Labute approximate surface area is 92.3 Å². The lowest BCUT2D eigenvalue weighted by Gasteiger charge is -2.14. The molecule has 0 radical (unpaired) electrons. The SMILES string of the molecule is CCN(C)C(=O)c1cccc([N+](=O)[O-])c1O. The van der Waals surface area contributed by atoms with Crippen LogP contribution in [0, 0.1) is 10.1 Å². The molecule has 0 spiro atoms. The number of hydrogen-bond donors (Lipinski definition) is 1. The molecule has 6 heteroatoms. The summed E-state index contributed by atoms with van der Waals surface area (Å²) < 4.78 is 0. The van der Waals surface area contributed by atoms with E-state index in [0.29, 0.717) is 6.54 Å². The summed E-state index contributed by atoms with van der Waals surface area (Å²) in [6.07, 6.45) is 0. The first-order chi connectivity index (χ1) is 7.49. The van der Waals surface area contributed by atoms with Gasteiger partial charge in [0.2, 0.25) is 5.75 Å². The highest BCUT2D eigenvalue weighted by Gasteiger charge is 2.22. The highest BCUT2D eigenvalue weighted by atomic mass is 16.6. The van der Waals surface area contributed by atoms with Crippen molar-refractivity contribution >= 4 is 11.6 Å². The molecule has 1 amide bonds. The fraction of sp³-hybridized carbons (Fsp3) is 0.300. The van der Waals surface area contributed by atoms with Crippen LogP contribution in [0.2, 0.25) is 0 Å². The quantitative estimate of drug-likeness (QED) is 0.621. The van der Waals surface area contributed by atoms with Gasteiger partial charge in [0.25, 0.3) is 5.91 Å². The number of carbonyl (C=O) groups is 1. The minimum Gasteiger partial charge on any atom is -0.502 e. The number of nitrogens with zero attached hydrogens (tertiary/aromatic N) is 2. The molecule has 0 fully saturated rings. The van der Waals surface area contributed by atoms with Crippen LogP contribution in [0.15, 0.2) is 18.2 Å². The summed E-state index contributed by atoms with van der Waals surface area (Å²) in [4.78, 5) is 22.9. The molecule has 1 rings (SSSR count). The van der Waals surface area contributed by atoms with Crippen LogP contribution in [-0.2, 0) is 0 Å². The smallest absolute Gasteiger partial charge is 0.311 e. The average molecular weight is 224 g/mol. The van der Waals surface area contributed by atoms with E-state index in [-0.39, 0.29) is 5.56 Å². The number of amides is 1. The summed E-state index contributed by atoms with van der Waals surface area (Å²) in [6.45, 7) is 2.23. The molecule has 0 bridgehead atoms. The summed E-state index contributed by atoms with van der Waals surface area (Å²) in [7, 11) is 1.56. The second-order valence-corrected chi connectivity index (χ2v) is 3.25. The number of rotatable bonds is 3. The van der Waals surface area contributed by atoms with Gasteiger partial charge in [0, 0.05) is 19.7 Å². The van der Waals surface area contributed by atoms with Gasteiger partial charge in [-0.2, -0.15) is 0 Å². The van der Waals surface area contributed by atoms with Gasteiger partial charge in [0.15, 0.2) is 0 Å². The number of carbonyl (C=O) groups excluding carboxylic acids is 1. The largest absolute Gasteiger partial charge is 0.502 e. The molecule has 1 N–H and O–H groups in total. The fourth-order valence-electron chi connectivity index (χ4n) is 1.20. The summed E-state index contributed by atoms with van der Waals surface area (Å²) in [5.41, 5.74) is -0.520. The first-order valence-corrected chi connectivity index (χ1v) is 4.70. The van der Waals surface area contributed by atoms with E-state index in [9.17, 15) is 20.0 Å². The summed E-state index contributed by atoms with van der Waals surface area (Å²) >= 11 is 0. The lowest BCUT2D eigenvalue weighted by atomic mass is 10.1. The number of benzene rings is 1. The molecule has 0 atom stereocenters. The second kappa shape index (κ2) is 4.61. The Bertz CT molecular complexity index is 431. The maximum absolute atomic E-state index is 11.7. The summed E-state index contributed by atoms with van der Waals surface area (Å²) in [5, 5.41) is 20.1. The van der Waals surface area contributed by atoms with Crippen LogP contribution < -0.4 is 0 Å². The molecule has 0 aromatic heterocycles. The molecule has 0 unspecified atom stereocenters. The molecule has 0 heterocycles. The zero-order chi connectivity index (χ0) is 12.3. The van der Waals surface area contributed by atoms with Crippen LogP contribution in [0.3, 0.4) is 0 Å². The minimum atomic E-state index is -0.724. The Balaban J connectivity index is 3.20. The van der Waals surface area contributed by atoms with Gasteiger partial charge >= 0.3 is 5.69 Å². The molecular weight excluding hydrogens is 212 g/mol. The molecule has 1 aromatic carbocycles. The van der Waals surface area contributed by atoms with E-state index in [4.69, 9.17) is 0 Å². The van der Waals surface area contributed by atoms with Crippen LogP contribution in [0.1, 0.15) is 17.3 Å². The zero-order valence-corrected chi connectivity index (χ0v) is 9.01. The topological polar surface area (TPSA) is 83.7 Å². The molecule has 0 aliphatic rings. The molecule has 0 aliphatic heterocycles. The normalized spacial score (nSPS) is 9.88. The fourth-order valence-corrected chi connectivity index (χ4v) is 1.20. The monoisotopic (exact) mass is 224 g/mol. The van der Waals surface area contributed by atoms with Crippen molar-refractivity contribution in [3.05, 3.63) is 33.9 Å². The number of nitro groups is 1. The first kappa shape index (κ1) is 12.0. The Kier molecular flexibility index (Phi) is 3.44. The van der Waals surface area contributed by atoms with E-state index in [0.717, 1.165) is 6.07 Å². The van der Waals surface area contributed by atoms with Crippen LogP contribution in [0.25, 0.3) is 0 Å². The Morgan fingerprint density at radius 2 is 2.19 bits per heavy atom. The van der Waals surface area contributed by atoms with Crippen molar-refractivity contribution in [3.63, 3.8) is 0 Å². The third-order valence-electron chi connectivity index (χ3n) is 2.26. The molecule has 86 valence electrons. The van der Waals surface area contributed by atoms with Crippen molar-refractivity contribution in [2.45, 2.75) is 6.92 Å². The highest BCUT2D eigenvalue weighted by Crippen LogP contribution is 2.29. The Morgan fingerprint density at radius 1 is 1.56 bits per heavy atom. The average Bonchev–Trinajstić information content (AvgIpc) is 2.27. The van der Waals surface area contributed by atoms with E-state index in [1.54, 1.807) is 14.0 Å². The Hall–Kier alpha value is -2.11. The maximum Gasteiger partial charge on any atom is 0.311 e. The van der Waals surface area contributed by atoms with E-state index in [1.807, 2.05) is 0 Å². The predicted molar refractivity (Wildman–Crippen MR) is 57.4 cm³/mol. The van der Waals surface area contributed by atoms with Gasteiger partial charge in [-0.15, -0.1) is 0 Å². The number of phenolic OH excluding ortho intramolecular Hbond substituents is 1. The van der Waals surface area contributed by atoms with E-state index in [2.05, 4.69) is 0 Å². The van der Waals surface area contributed by atoms with Crippen LogP contribution in [-0.4, -0.2) is 34.4 Å². The lowest BCUT2D eigenvalue weighted by Crippen LogP contribution is -2.26. The third-order valence-corrected chi connectivity index (χ3v) is 2.26. The first-order valence-electron chi connectivity index (χ1n) is 4.70. The van der Waals surface area contributed by atoms with Gasteiger partial charge in [-0.05, 0) is 13.0 Å². The number of hydrogen-bond acceptors (Lipinski definition) is 4. The lowest BCUT2D eigenvalue weighted by molar-refractivity contribution is -0.385. The van der Waals surface area contributed by atoms with E-state index < -0.39 is 22.3 Å². The van der Waals surface area contributed by atoms with Crippen LogP contribution >= 0.6 is 0 Å². The standard InChI is InChI=1S/C10H12N2O4/c1-3-11(2)10(14)7-5-4-6-8(9(7)13)12(15)16/h4-6,13H,3H2,1-2H3. The van der Waals surface area contributed by atoms with Gasteiger partial charge in [-0.25, -0.2) is 0 Å². The molecule has 16 heavy (non-hydrogen) atoms. The molecular formula is C10H12N2O4. The van der Waals surface area contributed by atoms with E-state index >= 15 is 0 Å². The van der Waals surface area contributed by atoms with Crippen molar-refractivity contribution in [1.82, 2.24) is 4.90 Å². The van der Waals surface area contributed by atoms with Gasteiger partial charge in [0.05, 0.1) is 10.5 Å². The second-order valence-electron chi connectivity index (χ2n) is 3.25. The third kappa shape index (κ3) is 2.10. The Morgan fingerprint density at radius 3 is 2.69 bits per heavy atom. The molecule has 0 aliphatic carbocycles. The van der Waals surface area contributed by atoms with Gasteiger partial charge in [-0.3, -0.25) is 14.9 Å². The van der Waals surface area contributed by atoms with Crippen LogP contribution in [0.5, 0.6) is 5.75 Å². The molecule has 0 saturated heterocycles. The van der Waals surface area contributed by atoms with Gasteiger partial charge < -0.3 is 10.0 Å². The molecule has 6 nitrogen and oxygen atoms in total. The minimum absolute atomic E-state index is 0.0569. The maximum atomic E-state index is 11.7. The van der Waals surface area contributed by atoms with Gasteiger partial charge in [-0.1, -0.05) is 6.07 Å². The summed E-state index contributed by atoms with van der Waals surface area (Å²) in [5.74, 6) is -1.03. The van der Waals surface area contributed by atoms with Crippen molar-refractivity contribution in [1.29, 1.82) is 0 Å². The van der Waals surface area contributed by atoms with Crippen LogP contribution in [0.4, 0.5) is 5.69 Å². The van der Waals surface area contributed by atoms with Crippen molar-refractivity contribution in [3.8, 4) is 5.75 Å². The molecule has 0 saturated carbocycles. The van der Waals surface area contributed by atoms with Gasteiger partial charge in [0.1, 0.15) is 0 Å². The van der Waals surface area contributed by atoms with Crippen molar-refractivity contribution in [2.75, 3.05) is 13.6 Å². The number of phenols is 1. The number of para-hydroxylation sites is 1.